The Morgan fingerprint density at radius 2 is 1.80 bits per heavy atom. The molecule has 0 bridgehead atoms. The number of hydrogen-bond acceptors (Lipinski definition) is 4. The van der Waals surface area contributed by atoms with Gasteiger partial charge in [-0.3, -0.25) is 0 Å². The molecule has 1 aromatic carbocycles. The summed E-state index contributed by atoms with van der Waals surface area (Å²) in [4.78, 5) is 0.207. The zero-order valence-corrected chi connectivity index (χ0v) is 13.3. The maximum absolute atomic E-state index is 12.0. The second-order valence-electron chi connectivity index (χ2n) is 4.44. The highest BCUT2D eigenvalue weighted by Crippen LogP contribution is 2.10. The van der Waals surface area contributed by atoms with Gasteiger partial charge in [0, 0.05) is 6.54 Å². The van der Waals surface area contributed by atoms with Crippen molar-refractivity contribution in [1.29, 1.82) is 5.26 Å². The molecule has 0 saturated carbocycles. The third-order valence-corrected chi connectivity index (χ3v) is 5.03. The van der Waals surface area contributed by atoms with Gasteiger partial charge in [0.15, 0.2) is 0 Å². The quantitative estimate of drug-likeness (QED) is 0.712. The van der Waals surface area contributed by atoms with E-state index in [1.165, 1.54) is 30.7 Å². The highest BCUT2D eigenvalue weighted by Gasteiger charge is 2.12. The minimum Gasteiger partial charge on any atom is -0.211 e. The van der Waals surface area contributed by atoms with Crippen molar-refractivity contribution < 1.29 is 8.42 Å². The molecule has 0 atom stereocenters. The fourth-order valence-corrected chi connectivity index (χ4v) is 3.29. The minimum absolute atomic E-state index is 0.207. The van der Waals surface area contributed by atoms with Crippen molar-refractivity contribution in [2.45, 2.75) is 30.6 Å². The van der Waals surface area contributed by atoms with Crippen LogP contribution in [0.1, 0.15) is 31.2 Å². The number of nitrogens with one attached hydrogen (secondary N) is 1. The van der Waals surface area contributed by atoms with Gasteiger partial charge in [0.25, 0.3) is 0 Å². The minimum atomic E-state index is -3.45. The van der Waals surface area contributed by atoms with E-state index < -0.39 is 10.0 Å². The van der Waals surface area contributed by atoms with Gasteiger partial charge >= 0.3 is 0 Å². The molecule has 0 unspecified atom stereocenters. The van der Waals surface area contributed by atoms with Gasteiger partial charge in [0.1, 0.15) is 0 Å². The molecule has 0 heterocycles. The first-order chi connectivity index (χ1) is 9.60. The first kappa shape index (κ1) is 17.0. The molecule has 0 amide bonds. The topological polar surface area (TPSA) is 70.0 Å². The monoisotopic (exact) mass is 312 g/mol. The molecule has 1 N–H and O–H groups in total. The number of nitriles is 1. The summed E-state index contributed by atoms with van der Waals surface area (Å²) in [6, 6.07) is 7.90. The lowest BCUT2D eigenvalue weighted by Gasteiger charge is -2.06. The summed E-state index contributed by atoms with van der Waals surface area (Å²) in [6.07, 6.45) is 6.30. The van der Waals surface area contributed by atoms with Gasteiger partial charge in [-0.2, -0.15) is 17.0 Å². The lowest BCUT2D eigenvalue weighted by molar-refractivity contribution is 0.574. The van der Waals surface area contributed by atoms with Crippen LogP contribution in [0.25, 0.3) is 0 Å². The highest BCUT2D eigenvalue weighted by atomic mass is 32.2. The van der Waals surface area contributed by atoms with Gasteiger partial charge in [-0.25, -0.2) is 13.1 Å². The maximum atomic E-state index is 12.0. The molecule has 1 rings (SSSR count). The summed E-state index contributed by atoms with van der Waals surface area (Å²) in [5.74, 6) is 1.16. The van der Waals surface area contributed by atoms with E-state index in [9.17, 15) is 8.42 Å². The van der Waals surface area contributed by atoms with E-state index in [4.69, 9.17) is 5.26 Å². The predicted molar refractivity (Wildman–Crippen MR) is 83.2 cm³/mol. The van der Waals surface area contributed by atoms with Crippen molar-refractivity contribution in [2.24, 2.45) is 0 Å². The number of benzene rings is 1. The molecule has 0 aromatic heterocycles. The summed E-state index contributed by atoms with van der Waals surface area (Å²) in [6.45, 7) is 0.460. The van der Waals surface area contributed by atoms with Crippen LogP contribution in [0.5, 0.6) is 0 Å². The summed E-state index contributed by atoms with van der Waals surface area (Å²) in [5.41, 5.74) is 0.456. The molecule has 20 heavy (non-hydrogen) atoms. The van der Waals surface area contributed by atoms with Gasteiger partial charge in [-0.1, -0.05) is 12.8 Å². The van der Waals surface area contributed by atoms with Crippen LogP contribution in [0.15, 0.2) is 29.2 Å². The molecule has 0 spiro atoms. The van der Waals surface area contributed by atoms with E-state index in [0.29, 0.717) is 12.1 Å². The average molecular weight is 312 g/mol. The molecule has 6 heteroatoms. The first-order valence-electron chi connectivity index (χ1n) is 6.59. The lowest BCUT2D eigenvalue weighted by atomic mass is 10.2. The standard InChI is InChI=1S/C14H20N2O2S2/c1-19-11-5-3-2-4-10-16-20(17,18)14-8-6-13(12-15)7-9-14/h6-9,16H,2-5,10-11H2,1H3. The molecule has 0 aliphatic heterocycles. The predicted octanol–water partition coefficient (Wildman–Crippen LogP) is 2.76. The Bertz CT molecular complexity index is 533. The van der Waals surface area contributed by atoms with E-state index in [2.05, 4.69) is 11.0 Å². The first-order valence-corrected chi connectivity index (χ1v) is 9.46. The van der Waals surface area contributed by atoms with Crippen LogP contribution in [0.4, 0.5) is 0 Å². The Balaban J connectivity index is 2.36. The molecule has 0 radical (unpaired) electrons. The summed E-state index contributed by atoms with van der Waals surface area (Å²) < 4.78 is 26.5. The Morgan fingerprint density at radius 1 is 1.15 bits per heavy atom. The van der Waals surface area contributed by atoms with Crippen LogP contribution in [-0.2, 0) is 10.0 Å². The average Bonchev–Trinajstić information content (AvgIpc) is 2.46. The van der Waals surface area contributed by atoms with Crippen LogP contribution in [0, 0.1) is 11.3 Å². The Hall–Kier alpha value is -1.03. The number of rotatable bonds is 9. The third-order valence-electron chi connectivity index (χ3n) is 2.86. The van der Waals surface area contributed by atoms with Crippen molar-refractivity contribution in [1.82, 2.24) is 4.72 Å². The van der Waals surface area contributed by atoms with Crippen molar-refractivity contribution >= 4 is 21.8 Å². The van der Waals surface area contributed by atoms with Gasteiger partial charge in [-0.05, 0) is 49.1 Å². The van der Waals surface area contributed by atoms with Gasteiger partial charge < -0.3 is 0 Å². The number of sulfonamides is 1. The molecule has 0 aliphatic rings. The molecule has 0 aliphatic carbocycles. The van der Waals surface area contributed by atoms with E-state index >= 15 is 0 Å². The third kappa shape index (κ3) is 5.95. The highest BCUT2D eigenvalue weighted by molar-refractivity contribution is 7.98. The second-order valence-corrected chi connectivity index (χ2v) is 7.19. The number of hydrogen-bond donors (Lipinski definition) is 1. The smallest absolute Gasteiger partial charge is 0.211 e. The second kappa shape index (κ2) is 9.01. The van der Waals surface area contributed by atoms with Crippen molar-refractivity contribution in [2.75, 3.05) is 18.6 Å². The molecule has 0 saturated heterocycles. The fourth-order valence-electron chi connectivity index (χ4n) is 1.72. The molecular formula is C14H20N2O2S2. The molecular weight excluding hydrogens is 292 g/mol. The number of nitrogens with zero attached hydrogens (tertiary/aromatic N) is 1. The van der Waals surface area contributed by atoms with Gasteiger partial charge in [0.05, 0.1) is 16.5 Å². The van der Waals surface area contributed by atoms with Crippen LogP contribution in [0.3, 0.4) is 0 Å². The largest absolute Gasteiger partial charge is 0.240 e. The van der Waals surface area contributed by atoms with Crippen LogP contribution in [0.2, 0.25) is 0 Å². The summed E-state index contributed by atoms with van der Waals surface area (Å²) in [5, 5.41) is 8.68. The zero-order valence-electron chi connectivity index (χ0n) is 11.6. The molecule has 4 nitrogen and oxygen atoms in total. The van der Waals surface area contributed by atoms with Gasteiger partial charge in [0.2, 0.25) is 10.0 Å². The van der Waals surface area contributed by atoms with E-state index in [1.807, 2.05) is 17.8 Å². The van der Waals surface area contributed by atoms with Crippen LogP contribution < -0.4 is 4.72 Å². The van der Waals surface area contributed by atoms with Gasteiger partial charge in [-0.15, -0.1) is 0 Å². The van der Waals surface area contributed by atoms with Crippen LogP contribution >= 0.6 is 11.8 Å². The zero-order chi connectivity index (χ0) is 14.8. The fraction of sp³-hybridized carbons (Fsp3) is 0.500. The molecule has 110 valence electrons. The van der Waals surface area contributed by atoms with Crippen LogP contribution in [-0.4, -0.2) is 27.0 Å². The van der Waals surface area contributed by atoms with Crippen molar-refractivity contribution in [3.63, 3.8) is 0 Å². The van der Waals surface area contributed by atoms with E-state index in [-0.39, 0.29) is 4.90 Å². The number of unbranched alkanes of at least 4 members (excludes halogenated alkanes) is 3. The van der Waals surface area contributed by atoms with E-state index in [0.717, 1.165) is 25.0 Å². The molecule has 1 aromatic rings. The Labute approximate surface area is 125 Å². The van der Waals surface area contributed by atoms with E-state index in [1.54, 1.807) is 0 Å². The SMILES string of the molecule is CSCCCCCCNS(=O)(=O)c1ccc(C#N)cc1. The maximum Gasteiger partial charge on any atom is 0.240 e. The Kier molecular flexibility index (Phi) is 7.67. The normalized spacial score (nSPS) is 11.2. The lowest BCUT2D eigenvalue weighted by Crippen LogP contribution is -2.24. The summed E-state index contributed by atoms with van der Waals surface area (Å²) >= 11 is 1.84. The van der Waals surface area contributed by atoms with Crippen molar-refractivity contribution in [3.8, 4) is 6.07 Å². The van der Waals surface area contributed by atoms with Crippen molar-refractivity contribution in [3.05, 3.63) is 29.8 Å². The Morgan fingerprint density at radius 3 is 2.40 bits per heavy atom. The number of thioether (sulfide) groups is 1. The summed E-state index contributed by atoms with van der Waals surface area (Å²) in [7, 11) is -3.45. The molecule has 0 fully saturated rings.